The van der Waals surface area contributed by atoms with Crippen LogP contribution in [0.5, 0.6) is 0 Å². The van der Waals surface area contributed by atoms with Gasteiger partial charge in [0.25, 0.3) is 0 Å². The monoisotopic (exact) mass is 321 g/mol. The maximum Gasteiger partial charge on any atom is 0.410 e. The van der Waals surface area contributed by atoms with Gasteiger partial charge in [-0.3, -0.25) is 0 Å². The summed E-state index contributed by atoms with van der Waals surface area (Å²) in [5, 5.41) is 8.47. The van der Waals surface area contributed by atoms with E-state index in [9.17, 15) is 9.59 Å². The Kier molecular flexibility index (Phi) is 9.47. The van der Waals surface area contributed by atoms with Gasteiger partial charge >= 0.3 is 12.1 Å². The predicted molar refractivity (Wildman–Crippen MR) is 73.4 cm³/mol. The Morgan fingerprint density at radius 1 is 1.23 bits per heavy atom. The van der Waals surface area contributed by atoms with Gasteiger partial charge in [-0.1, -0.05) is 0 Å². The Hall–Kier alpha value is -1.42. The lowest BCUT2D eigenvalue weighted by Crippen LogP contribution is -2.25. The first-order valence-corrected chi connectivity index (χ1v) is 7.05. The molecule has 1 heterocycles. The average molecular weight is 321 g/mol. The highest BCUT2D eigenvalue weighted by atomic mass is 16.6. The van der Waals surface area contributed by atoms with E-state index < -0.39 is 18.2 Å². The van der Waals surface area contributed by atoms with Crippen molar-refractivity contribution in [3.05, 3.63) is 0 Å². The fourth-order valence-corrected chi connectivity index (χ4v) is 1.62. The van der Waals surface area contributed by atoms with Crippen molar-refractivity contribution in [3.63, 3.8) is 0 Å². The maximum atomic E-state index is 11.4. The summed E-state index contributed by atoms with van der Waals surface area (Å²) in [6.07, 6.45) is -0.846. The van der Waals surface area contributed by atoms with Gasteiger partial charge in [0.15, 0.2) is 6.10 Å². The van der Waals surface area contributed by atoms with Crippen molar-refractivity contribution in [1.29, 1.82) is 0 Å². The van der Waals surface area contributed by atoms with E-state index in [-0.39, 0.29) is 33.0 Å². The van der Waals surface area contributed by atoms with Gasteiger partial charge in [-0.2, -0.15) is 0 Å². The number of carbonyl (C=O) groups is 2. The molecule has 0 aromatic carbocycles. The van der Waals surface area contributed by atoms with Crippen LogP contribution < -0.4 is 0 Å². The van der Waals surface area contributed by atoms with Crippen LogP contribution in [0.2, 0.25) is 0 Å². The predicted octanol–water partition coefficient (Wildman–Crippen LogP) is -0.978. The highest BCUT2D eigenvalue weighted by Gasteiger charge is 2.29. The Morgan fingerprint density at radius 3 is 2.45 bits per heavy atom. The third kappa shape index (κ3) is 8.13. The van der Waals surface area contributed by atoms with E-state index in [4.69, 9.17) is 28.8 Å². The van der Waals surface area contributed by atoms with Gasteiger partial charge in [-0.05, 0) is 0 Å². The first-order valence-electron chi connectivity index (χ1n) is 7.05. The number of aliphatic hydroxyl groups is 1. The number of aliphatic hydroxyl groups excluding tert-OH is 1. The number of likely N-dealkylation sites (N-methyl/N-ethyl adjacent to an activating group) is 1. The summed E-state index contributed by atoms with van der Waals surface area (Å²) in [6, 6.07) is 0. The maximum absolute atomic E-state index is 11.4. The second kappa shape index (κ2) is 11.2. The van der Waals surface area contributed by atoms with E-state index in [2.05, 4.69) is 0 Å². The van der Waals surface area contributed by atoms with Gasteiger partial charge < -0.3 is 33.7 Å². The number of esters is 1. The number of amides is 1. The number of ether oxygens (including phenoxy) is 5. The zero-order valence-electron chi connectivity index (χ0n) is 12.7. The highest BCUT2D eigenvalue weighted by Crippen LogP contribution is 2.08. The van der Waals surface area contributed by atoms with Gasteiger partial charge in [0.1, 0.15) is 13.2 Å². The molecule has 1 atom stereocenters. The van der Waals surface area contributed by atoms with Gasteiger partial charge in [0.2, 0.25) is 0 Å². The molecule has 128 valence electrons. The molecule has 9 heteroatoms. The lowest BCUT2D eigenvalue weighted by molar-refractivity contribution is -0.151. The molecule has 1 unspecified atom stereocenters. The van der Waals surface area contributed by atoms with Crippen LogP contribution >= 0.6 is 0 Å². The number of cyclic esters (lactones) is 1. The van der Waals surface area contributed by atoms with Gasteiger partial charge in [0.05, 0.1) is 46.2 Å². The van der Waals surface area contributed by atoms with Crippen LogP contribution in [-0.4, -0.2) is 94.6 Å². The largest absolute Gasteiger partial charge is 0.460 e. The second-order valence-corrected chi connectivity index (χ2v) is 4.57. The zero-order valence-corrected chi connectivity index (χ0v) is 12.7. The average Bonchev–Trinajstić information content (AvgIpc) is 2.82. The molecule has 0 bridgehead atoms. The summed E-state index contributed by atoms with van der Waals surface area (Å²) in [5.41, 5.74) is 0. The molecular weight excluding hydrogens is 298 g/mol. The molecule has 1 aliphatic heterocycles. The molecule has 1 rings (SSSR count). The molecule has 0 aliphatic carbocycles. The van der Waals surface area contributed by atoms with Crippen LogP contribution in [0.15, 0.2) is 0 Å². The topological polar surface area (TPSA) is 104 Å². The van der Waals surface area contributed by atoms with Gasteiger partial charge in [0, 0.05) is 7.05 Å². The van der Waals surface area contributed by atoms with Gasteiger partial charge in [-0.15, -0.1) is 0 Å². The zero-order chi connectivity index (χ0) is 16.2. The number of hydrogen-bond acceptors (Lipinski definition) is 8. The first-order chi connectivity index (χ1) is 10.6. The molecule has 9 nitrogen and oxygen atoms in total. The van der Waals surface area contributed by atoms with Crippen LogP contribution in [0.25, 0.3) is 0 Å². The van der Waals surface area contributed by atoms with Crippen molar-refractivity contribution in [1.82, 2.24) is 4.90 Å². The molecule has 0 radical (unpaired) electrons. The van der Waals surface area contributed by atoms with E-state index in [1.807, 2.05) is 0 Å². The fourth-order valence-electron chi connectivity index (χ4n) is 1.62. The standard InChI is InChI=1S/C13H23NO8/c1-14-8-11(22-13(14)17)9-21-12(16)10-20-7-6-19-5-4-18-3-2-15/h11,15H,2-10H2,1H3. The van der Waals surface area contributed by atoms with Crippen LogP contribution in [0.1, 0.15) is 0 Å². The quantitative estimate of drug-likeness (QED) is 0.361. The minimum Gasteiger partial charge on any atom is -0.460 e. The van der Waals surface area contributed by atoms with Crippen molar-refractivity contribution in [2.24, 2.45) is 0 Å². The Labute approximate surface area is 129 Å². The van der Waals surface area contributed by atoms with Crippen LogP contribution in [0.3, 0.4) is 0 Å². The molecule has 1 fully saturated rings. The summed E-state index contributed by atoms with van der Waals surface area (Å²) in [7, 11) is 1.61. The van der Waals surface area contributed by atoms with E-state index in [0.29, 0.717) is 26.4 Å². The minimum absolute atomic E-state index is 0.0123. The van der Waals surface area contributed by atoms with E-state index in [0.717, 1.165) is 0 Å². The third-order valence-corrected chi connectivity index (χ3v) is 2.69. The summed E-state index contributed by atoms with van der Waals surface area (Å²) < 4.78 is 25.1. The molecule has 1 saturated heterocycles. The smallest absolute Gasteiger partial charge is 0.410 e. The third-order valence-electron chi connectivity index (χ3n) is 2.69. The van der Waals surface area contributed by atoms with Gasteiger partial charge in [-0.25, -0.2) is 9.59 Å². The molecule has 1 N–H and O–H groups in total. The Morgan fingerprint density at radius 2 is 1.86 bits per heavy atom. The fraction of sp³-hybridized carbons (Fsp3) is 0.846. The second-order valence-electron chi connectivity index (χ2n) is 4.57. The van der Waals surface area contributed by atoms with Crippen LogP contribution in [0, 0.1) is 0 Å². The van der Waals surface area contributed by atoms with Crippen LogP contribution in [0.4, 0.5) is 4.79 Å². The summed E-state index contributed by atoms with van der Waals surface area (Å²) in [4.78, 5) is 23.9. The van der Waals surface area contributed by atoms with Crippen LogP contribution in [-0.2, 0) is 28.5 Å². The highest BCUT2D eigenvalue weighted by molar-refractivity contribution is 5.71. The molecule has 1 amide bonds. The Balaban J connectivity index is 1.88. The molecular formula is C13H23NO8. The molecule has 0 aromatic heterocycles. The molecule has 0 saturated carbocycles. The van der Waals surface area contributed by atoms with Crippen molar-refractivity contribution in [2.75, 3.05) is 66.4 Å². The number of nitrogens with zero attached hydrogens (tertiary/aromatic N) is 1. The lowest BCUT2D eigenvalue weighted by Gasteiger charge is -2.09. The first kappa shape index (κ1) is 18.6. The molecule has 22 heavy (non-hydrogen) atoms. The number of hydrogen-bond donors (Lipinski definition) is 1. The molecule has 1 aliphatic rings. The summed E-state index contributed by atoms with van der Waals surface area (Å²) in [6.45, 7) is 1.92. The Bertz CT molecular complexity index is 338. The SMILES string of the molecule is CN1CC(COC(=O)COCCOCCOCCO)OC1=O. The van der Waals surface area contributed by atoms with Crippen molar-refractivity contribution in [3.8, 4) is 0 Å². The molecule has 0 aromatic rings. The van der Waals surface area contributed by atoms with Crippen molar-refractivity contribution < 1.29 is 38.4 Å². The summed E-state index contributed by atoms with van der Waals surface area (Å²) in [5.74, 6) is -0.517. The number of carbonyl (C=O) groups excluding carboxylic acids is 2. The van der Waals surface area contributed by atoms with Crippen molar-refractivity contribution >= 4 is 12.1 Å². The normalized spacial score (nSPS) is 17.6. The minimum atomic E-state index is -0.517. The van der Waals surface area contributed by atoms with E-state index in [1.54, 1.807) is 7.05 Å². The van der Waals surface area contributed by atoms with E-state index in [1.165, 1.54) is 4.90 Å². The van der Waals surface area contributed by atoms with E-state index >= 15 is 0 Å². The molecule has 0 spiro atoms. The number of rotatable bonds is 12. The lowest BCUT2D eigenvalue weighted by atomic mass is 10.4. The summed E-state index contributed by atoms with van der Waals surface area (Å²) >= 11 is 0. The van der Waals surface area contributed by atoms with Crippen molar-refractivity contribution in [2.45, 2.75) is 6.10 Å².